The number of carbonyl (C=O) groups excluding carboxylic acids is 1. The molecule has 1 aromatic carbocycles. The molecule has 0 aliphatic rings. The Morgan fingerprint density at radius 3 is 2.60 bits per heavy atom. The molecule has 0 saturated carbocycles. The fourth-order valence-corrected chi connectivity index (χ4v) is 2.22. The number of unbranched alkanes of at least 4 members (excludes halogenated alkanes) is 1. The lowest BCUT2D eigenvalue weighted by molar-refractivity contribution is -0.159. The second-order valence-corrected chi connectivity index (χ2v) is 5.68. The Kier molecular flexibility index (Phi) is 6.00. The molecular weight excluding hydrogens is 337 g/mol. The molecule has 6 nitrogen and oxygen atoms in total. The molecule has 25 heavy (non-hydrogen) atoms. The van der Waals surface area contributed by atoms with Gasteiger partial charge in [-0.2, -0.15) is 18.2 Å². The van der Waals surface area contributed by atoms with Crippen LogP contribution in [0.4, 0.5) is 24.5 Å². The summed E-state index contributed by atoms with van der Waals surface area (Å²) >= 11 is 0. The van der Waals surface area contributed by atoms with Crippen LogP contribution in [0.15, 0.2) is 28.8 Å². The molecule has 0 spiro atoms. The van der Waals surface area contributed by atoms with E-state index in [1.165, 1.54) is 0 Å². The number of benzene rings is 1. The number of amides is 1. The van der Waals surface area contributed by atoms with Gasteiger partial charge >= 0.3 is 12.1 Å². The molecule has 2 aromatic rings. The summed E-state index contributed by atoms with van der Waals surface area (Å²) in [6, 6.07) is 7.41. The molecular formula is C16H19F3N4O2. The highest BCUT2D eigenvalue weighted by Crippen LogP contribution is 2.27. The lowest BCUT2D eigenvalue weighted by Gasteiger charge is -2.17. The van der Waals surface area contributed by atoms with Crippen LogP contribution in [-0.4, -0.2) is 30.1 Å². The summed E-state index contributed by atoms with van der Waals surface area (Å²) in [4.78, 5) is 17.2. The number of carbonyl (C=O) groups is 1. The van der Waals surface area contributed by atoms with Crippen molar-refractivity contribution in [3.63, 3.8) is 0 Å². The number of anilines is 2. The van der Waals surface area contributed by atoms with Gasteiger partial charge in [0, 0.05) is 26.9 Å². The monoisotopic (exact) mass is 356 g/mol. The fourth-order valence-electron chi connectivity index (χ4n) is 2.22. The van der Waals surface area contributed by atoms with Crippen molar-refractivity contribution < 1.29 is 22.5 Å². The smallest absolute Gasteiger partial charge is 0.376 e. The first-order chi connectivity index (χ1) is 11.8. The Balaban J connectivity index is 1.77. The van der Waals surface area contributed by atoms with Crippen molar-refractivity contribution in [2.75, 3.05) is 24.3 Å². The average molecular weight is 356 g/mol. The lowest BCUT2D eigenvalue weighted by Crippen LogP contribution is -2.16. The van der Waals surface area contributed by atoms with Gasteiger partial charge in [-0.15, -0.1) is 0 Å². The van der Waals surface area contributed by atoms with Gasteiger partial charge in [-0.25, -0.2) is 0 Å². The normalized spacial score (nSPS) is 11.4. The number of aryl methyl sites for hydroxylation is 1. The van der Waals surface area contributed by atoms with Crippen LogP contribution in [0.2, 0.25) is 0 Å². The van der Waals surface area contributed by atoms with Crippen LogP contribution in [0.25, 0.3) is 0 Å². The van der Waals surface area contributed by atoms with Gasteiger partial charge in [0.2, 0.25) is 5.91 Å². The van der Waals surface area contributed by atoms with E-state index in [0.29, 0.717) is 18.5 Å². The number of hydrogen-bond acceptors (Lipinski definition) is 5. The predicted octanol–water partition coefficient (Wildman–Crippen LogP) is 3.51. The van der Waals surface area contributed by atoms with Crippen LogP contribution < -0.4 is 10.2 Å². The second-order valence-electron chi connectivity index (χ2n) is 5.68. The summed E-state index contributed by atoms with van der Waals surface area (Å²) in [7, 11) is 3.76. The van der Waals surface area contributed by atoms with Gasteiger partial charge in [-0.05, 0) is 25.0 Å². The summed E-state index contributed by atoms with van der Waals surface area (Å²) in [6.07, 6.45) is -3.16. The second kappa shape index (κ2) is 8.00. The summed E-state index contributed by atoms with van der Waals surface area (Å²) < 4.78 is 41.2. The van der Waals surface area contributed by atoms with E-state index in [-0.39, 0.29) is 24.6 Å². The van der Waals surface area contributed by atoms with Gasteiger partial charge < -0.3 is 14.7 Å². The SMILES string of the molecule is CN(C)c1ccccc1NC(=O)CCCCc1noc(C(F)(F)F)n1. The molecule has 2 rings (SSSR count). The van der Waals surface area contributed by atoms with Gasteiger partial charge in [0.15, 0.2) is 5.82 Å². The van der Waals surface area contributed by atoms with Crippen molar-refractivity contribution in [2.24, 2.45) is 0 Å². The first-order valence-corrected chi connectivity index (χ1v) is 7.73. The largest absolute Gasteiger partial charge is 0.471 e. The number of rotatable bonds is 7. The highest BCUT2D eigenvalue weighted by molar-refractivity contribution is 5.94. The van der Waals surface area contributed by atoms with Gasteiger partial charge in [0.05, 0.1) is 11.4 Å². The van der Waals surface area contributed by atoms with Gasteiger partial charge in [-0.1, -0.05) is 17.3 Å². The van der Waals surface area contributed by atoms with E-state index >= 15 is 0 Å². The van der Waals surface area contributed by atoms with Gasteiger partial charge in [0.25, 0.3) is 0 Å². The topological polar surface area (TPSA) is 71.3 Å². The van der Waals surface area contributed by atoms with Gasteiger partial charge in [0.1, 0.15) is 0 Å². The van der Waals surface area contributed by atoms with Crippen molar-refractivity contribution in [2.45, 2.75) is 31.9 Å². The standard InChI is InChI=1S/C16H19F3N4O2/c1-23(2)12-8-4-3-7-11(12)20-14(24)10-6-5-9-13-21-15(25-22-13)16(17,18)19/h3-4,7-8H,5-6,9-10H2,1-2H3,(H,20,24). The summed E-state index contributed by atoms with van der Waals surface area (Å²) in [6.45, 7) is 0. The van der Waals surface area contributed by atoms with Crippen molar-refractivity contribution in [3.8, 4) is 0 Å². The minimum Gasteiger partial charge on any atom is -0.376 e. The minimum atomic E-state index is -4.63. The summed E-state index contributed by atoms with van der Waals surface area (Å²) in [5, 5.41) is 6.12. The molecule has 0 fully saturated rings. The summed E-state index contributed by atoms with van der Waals surface area (Å²) in [5.41, 5.74) is 1.60. The molecule has 0 bridgehead atoms. The molecule has 0 unspecified atom stereocenters. The number of hydrogen-bond donors (Lipinski definition) is 1. The third kappa shape index (κ3) is 5.47. The maximum atomic E-state index is 12.3. The van der Waals surface area contributed by atoms with Crippen LogP contribution in [0.3, 0.4) is 0 Å². The minimum absolute atomic E-state index is 0.00862. The molecule has 1 aromatic heterocycles. The van der Waals surface area contributed by atoms with Crippen LogP contribution >= 0.6 is 0 Å². The first-order valence-electron chi connectivity index (χ1n) is 7.73. The zero-order valence-electron chi connectivity index (χ0n) is 13.9. The molecule has 0 atom stereocenters. The molecule has 0 saturated heterocycles. The quantitative estimate of drug-likeness (QED) is 0.769. The van der Waals surface area contributed by atoms with Crippen molar-refractivity contribution in [1.29, 1.82) is 0 Å². The Morgan fingerprint density at radius 1 is 1.24 bits per heavy atom. The highest BCUT2D eigenvalue weighted by Gasteiger charge is 2.38. The molecule has 136 valence electrons. The zero-order valence-corrected chi connectivity index (χ0v) is 13.9. The predicted molar refractivity (Wildman–Crippen MR) is 86.3 cm³/mol. The summed E-state index contributed by atoms with van der Waals surface area (Å²) in [5.74, 6) is -1.51. The van der Waals surface area contributed by atoms with Crippen LogP contribution in [-0.2, 0) is 17.4 Å². The molecule has 1 N–H and O–H groups in total. The molecule has 1 heterocycles. The Morgan fingerprint density at radius 2 is 1.96 bits per heavy atom. The lowest BCUT2D eigenvalue weighted by atomic mass is 10.1. The van der Waals surface area contributed by atoms with Crippen LogP contribution in [0, 0.1) is 0 Å². The molecule has 0 radical (unpaired) electrons. The zero-order chi connectivity index (χ0) is 18.4. The average Bonchev–Trinajstić information content (AvgIpc) is 3.01. The van der Waals surface area contributed by atoms with Crippen molar-refractivity contribution in [1.82, 2.24) is 10.1 Å². The van der Waals surface area contributed by atoms with Crippen molar-refractivity contribution in [3.05, 3.63) is 36.0 Å². The van der Waals surface area contributed by atoms with Crippen LogP contribution in [0.1, 0.15) is 31.0 Å². The van der Waals surface area contributed by atoms with E-state index in [1.807, 2.05) is 43.3 Å². The Hall–Kier alpha value is -2.58. The number of aromatic nitrogens is 2. The molecule has 0 aliphatic heterocycles. The number of nitrogens with zero attached hydrogens (tertiary/aromatic N) is 3. The number of alkyl halides is 3. The molecule has 9 heteroatoms. The Labute approximate surface area is 143 Å². The number of halogens is 3. The molecule has 1 amide bonds. The van der Waals surface area contributed by atoms with Gasteiger partial charge in [-0.3, -0.25) is 4.79 Å². The van der Waals surface area contributed by atoms with Crippen molar-refractivity contribution >= 4 is 17.3 Å². The van der Waals surface area contributed by atoms with E-state index in [9.17, 15) is 18.0 Å². The first kappa shape index (κ1) is 18.8. The molecule has 0 aliphatic carbocycles. The third-order valence-electron chi connectivity index (χ3n) is 3.42. The van der Waals surface area contributed by atoms with Crippen LogP contribution in [0.5, 0.6) is 0 Å². The van der Waals surface area contributed by atoms with E-state index < -0.39 is 12.1 Å². The maximum absolute atomic E-state index is 12.3. The Bertz CT molecular complexity index is 713. The van der Waals surface area contributed by atoms with E-state index in [4.69, 9.17) is 0 Å². The number of nitrogens with one attached hydrogen (secondary N) is 1. The van der Waals surface area contributed by atoms with E-state index in [1.54, 1.807) is 0 Å². The third-order valence-corrected chi connectivity index (χ3v) is 3.42. The van der Waals surface area contributed by atoms with E-state index in [0.717, 1.165) is 5.69 Å². The highest BCUT2D eigenvalue weighted by atomic mass is 19.4. The number of para-hydroxylation sites is 2. The fraction of sp³-hybridized carbons (Fsp3) is 0.438. The van der Waals surface area contributed by atoms with E-state index in [2.05, 4.69) is 20.0 Å². The maximum Gasteiger partial charge on any atom is 0.471 e.